The van der Waals surface area contributed by atoms with Crippen LogP contribution in [0.25, 0.3) is 0 Å². The highest BCUT2D eigenvalue weighted by atomic mass is 16.5. The van der Waals surface area contributed by atoms with E-state index in [0.717, 1.165) is 0 Å². The largest absolute Gasteiger partial charge is 0.461 e. The van der Waals surface area contributed by atoms with E-state index >= 15 is 0 Å². The number of anilines is 1. The van der Waals surface area contributed by atoms with Crippen molar-refractivity contribution in [3.63, 3.8) is 0 Å². The van der Waals surface area contributed by atoms with Gasteiger partial charge >= 0.3 is 5.97 Å². The third kappa shape index (κ3) is 3.57. The molecule has 0 fully saturated rings. The second-order valence-corrected chi connectivity index (χ2v) is 4.03. The molecule has 2 rings (SSSR count). The summed E-state index contributed by atoms with van der Waals surface area (Å²) in [4.78, 5) is 15.4. The molecule has 0 spiro atoms. The van der Waals surface area contributed by atoms with Crippen LogP contribution < -0.4 is 5.32 Å². The fourth-order valence-electron chi connectivity index (χ4n) is 1.58. The normalized spacial score (nSPS) is 12.1. The summed E-state index contributed by atoms with van der Waals surface area (Å²) in [7, 11) is 0. The van der Waals surface area contributed by atoms with Crippen molar-refractivity contribution in [2.75, 3.05) is 11.9 Å². The van der Waals surface area contributed by atoms with Crippen LogP contribution in [0.5, 0.6) is 0 Å². The Morgan fingerprint density at radius 2 is 2.47 bits per heavy atom. The number of esters is 1. The van der Waals surface area contributed by atoms with Crippen molar-refractivity contribution in [2.24, 2.45) is 0 Å². The molecule has 2 aromatic rings. The van der Waals surface area contributed by atoms with Gasteiger partial charge < -0.3 is 14.5 Å². The summed E-state index contributed by atoms with van der Waals surface area (Å²) in [6.07, 6.45) is 4.87. The molecule has 0 amide bonds. The van der Waals surface area contributed by atoms with Gasteiger partial charge in [-0.05, 0) is 19.9 Å². The molecule has 1 N–H and O–H groups in total. The van der Waals surface area contributed by atoms with Gasteiger partial charge in [-0.25, -0.2) is 4.79 Å². The minimum Gasteiger partial charge on any atom is -0.461 e. The van der Waals surface area contributed by atoms with Gasteiger partial charge in [0.15, 0.2) is 5.69 Å². The Morgan fingerprint density at radius 3 is 3.16 bits per heavy atom. The van der Waals surface area contributed by atoms with Crippen molar-refractivity contribution in [1.29, 1.82) is 0 Å². The molecule has 7 nitrogen and oxygen atoms in total. The number of oxazole rings is 1. The lowest BCUT2D eigenvalue weighted by Crippen LogP contribution is -2.22. The van der Waals surface area contributed by atoms with Crippen molar-refractivity contribution in [2.45, 2.75) is 26.4 Å². The molecule has 0 saturated carbocycles. The number of nitrogens with one attached hydrogen (secondary N) is 1. The fourth-order valence-corrected chi connectivity index (χ4v) is 1.58. The van der Waals surface area contributed by atoms with Crippen LogP contribution in [0.2, 0.25) is 0 Å². The van der Waals surface area contributed by atoms with E-state index in [0.29, 0.717) is 19.2 Å². The van der Waals surface area contributed by atoms with Gasteiger partial charge in [-0.2, -0.15) is 10.1 Å². The number of ether oxygens (including phenoxy) is 1. The molecule has 19 heavy (non-hydrogen) atoms. The minimum absolute atomic E-state index is 0.0635. The van der Waals surface area contributed by atoms with Gasteiger partial charge in [0.25, 0.3) is 6.01 Å². The van der Waals surface area contributed by atoms with E-state index in [1.54, 1.807) is 17.8 Å². The summed E-state index contributed by atoms with van der Waals surface area (Å²) in [5, 5.41) is 7.16. The summed E-state index contributed by atoms with van der Waals surface area (Å²) in [6, 6.07) is 2.22. The molecule has 0 aliphatic rings. The second-order valence-electron chi connectivity index (χ2n) is 4.03. The number of hydrogen-bond acceptors (Lipinski definition) is 6. The lowest BCUT2D eigenvalue weighted by molar-refractivity contribution is 0.0519. The first-order chi connectivity index (χ1) is 9.19. The predicted octanol–water partition coefficient (Wildman–Crippen LogP) is 1.55. The Hall–Kier alpha value is -2.31. The standard InChI is InChI=1S/C12H16N4O3/c1-3-18-11(17)10-8-19-12(15-10)14-9(2)7-16-6-4-5-13-16/h4-6,8-9H,3,7H2,1-2H3,(H,14,15). The summed E-state index contributed by atoms with van der Waals surface area (Å²) in [5.74, 6) is -0.487. The van der Waals surface area contributed by atoms with E-state index in [4.69, 9.17) is 9.15 Å². The van der Waals surface area contributed by atoms with Crippen LogP contribution in [0.15, 0.2) is 29.1 Å². The zero-order valence-corrected chi connectivity index (χ0v) is 10.9. The van der Waals surface area contributed by atoms with Crippen LogP contribution in [0.4, 0.5) is 6.01 Å². The Labute approximate surface area is 110 Å². The maximum atomic E-state index is 11.4. The molecule has 0 saturated heterocycles. The predicted molar refractivity (Wildman–Crippen MR) is 67.8 cm³/mol. The second kappa shape index (κ2) is 6.03. The molecular formula is C12H16N4O3. The van der Waals surface area contributed by atoms with E-state index in [1.165, 1.54) is 6.26 Å². The fraction of sp³-hybridized carbons (Fsp3) is 0.417. The van der Waals surface area contributed by atoms with Crippen molar-refractivity contribution < 1.29 is 13.9 Å². The maximum Gasteiger partial charge on any atom is 0.360 e. The monoisotopic (exact) mass is 264 g/mol. The minimum atomic E-state index is -0.487. The molecule has 0 radical (unpaired) electrons. The van der Waals surface area contributed by atoms with Crippen LogP contribution in [0.3, 0.4) is 0 Å². The van der Waals surface area contributed by atoms with Crippen molar-refractivity contribution >= 4 is 12.0 Å². The van der Waals surface area contributed by atoms with Crippen LogP contribution in [-0.2, 0) is 11.3 Å². The highest BCUT2D eigenvalue weighted by Crippen LogP contribution is 2.10. The SMILES string of the molecule is CCOC(=O)c1coc(NC(C)Cn2cccn2)n1. The Bertz CT molecular complexity index is 521. The summed E-state index contributed by atoms with van der Waals surface area (Å²) in [5.41, 5.74) is 0.163. The zero-order valence-electron chi connectivity index (χ0n) is 10.9. The highest BCUT2D eigenvalue weighted by molar-refractivity contribution is 5.87. The van der Waals surface area contributed by atoms with Gasteiger partial charge in [0.05, 0.1) is 13.2 Å². The molecular weight excluding hydrogens is 248 g/mol. The number of rotatable bonds is 6. The number of carbonyl (C=O) groups excluding carboxylic acids is 1. The molecule has 102 valence electrons. The average Bonchev–Trinajstić information content (AvgIpc) is 3.00. The van der Waals surface area contributed by atoms with E-state index in [2.05, 4.69) is 15.4 Å². The topological polar surface area (TPSA) is 82.2 Å². The molecule has 7 heteroatoms. The van der Waals surface area contributed by atoms with Crippen molar-refractivity contribution in [3.05, 3.63) is 30.4 Å². The average molecular weight is 264 g/mol. The van der Waals surface area contributed by atoms with E-state index < -0.39 is 5.97 Å². The van der Waals surface area contributed by atoms with Crippen LogP contribution >= 0.6 is 0 Å². The Morgan fingerprint density at radius 1 is 1.63 bits per heavy atom. The van der Waals surface area contributed by atoms with Crippen LogP contribution in [0.1, 0.15) is 24.3 Å². The summed E-state index contributed by atoms with van der Waals surface area (Å²) < 4.78 is 11.8. The third-order valence-corrected chi connectivity index (χ3v) is 2.38. The first-order valence-electron chi connectivity index (χ1n) is 6.05. The third-order valence-electron chi connectivity index (χ3n) is 2.38. The summed E-state index contributed by atoms with van der Waals surface area (Å²) in [6.45, 7) is 4.69. The maximum absolute atomic E-state index is 11.4. The highest BCUT2D eigenvalue weighted by Gasteiger charge is 2.14. The first-order valence-corrected chi connectivity index (χ1v) is 6.05. The van der Waals surface area contributed by atoms with E-state index in [9.17, 15) is 4.79 Å². The van der Waals surface area contributed by atoms with Gasteiger partial charge in [-0.15, -0.1) is 0 Å². The zero-order chi connectivity index (χ0) is 13.7. The van der Waals surface area contributed by atoms with Gasteiger partial charge in [-0.1, -0.05) is 0 Å². The van der Waals surface area contributed by atoms with Crippen LogP contribution in [0, 0.1) is 0 Å². The molecule has 2 aromatic heterocycles. The van der Waals surface area contributed by atoms with Gasteiger partial charge in [-0.3, -0.25) is 4.68 Å². The van der Waals surface area contributed by atoms with Gasteiger partial charge in [0, 0.05) is 18.4 Å². The van der Waals surface area contributed by atoms with Gasteiger partial charge in [0.1, 0.15) is 6.26 Å². The van der Waals surface area contributed by atoms with Crippen LogP contribution in [-0.4, -0.2) is 33.4 Å². The molecule has 0 aliphatic carbocycles. The quantitative estimate of drug-likeness (QED) is 0.797. The molecule has 1 unspecified atom stereocenters. The van der Waals surface area contributed by atoms with E-state index in [-0.39, 0.29) is 11.7 Å². The molecule has 0 bridgehead atoms. The number of hydrogen-bond donors (Lipinski definition) is 1. The lowest BCUT2D eigenvalue weighted by atomic mass is 10.3. The molecule has 1 atom stereocenters. The lowest BCUT2D eigenvalue weighted by Gasteiger charge is -2.11. The van der Waals surface area contributed by atoms with Gasteiger partial charge in [0.2, 0.25) is 0 Å². The number of aromatic nitrogens is 3. The van der Waals surface area contributed by atoms with E-state index in [1.807, 2.05) is 19.2 Å². The van der Waals surface area contributed by atoms with Crippen molar-refractivity contribution in [3.8, 4) is 0 Å². The number of nitrogens with zero attached hydrogens (tertiary/aromatic N) is 3. The smallest absolute Gasteiger partial charge is 0.360 e. The first kappa shape index (κ1) is 13.1. The van der Waals surface area contributed by atoms with Crippen molar-refractivity contribution in [1.82, 2.24) is 14.8 Å². The summed E-state index contributed by atoms with van der Waals surface area (Å²) >= 11 is 0. The Balaban J connectivity index is 1.90. The Kier molecular flexibility index (Phi) is 4.17. The number of carbonyl (C=O) groups is 1. The molecule has 2 heterocycles. The molecule has 0 aromatic carbocycles. The molecule has 0 aliphatic heterocycles.